The molecule has 0 atom stereocenters. The first-order valence-electron chi connectivity index (χ1n) is 8.63. The molecule has 2 aromatic carbocycles. The summed E-state index contributed by atoms with van der Waals surface area (Å²) in [5, 5.41) is 0. The lowest BCUT2D eigenvalue weighted by molar-refractivity contribution is -0.141. The fraction of sp³-hybridized carbons (Fsp3) is 0.300. The number of para-hydroxylation sites is 2. The highest BCUT2D eigenvalue weighted by molar-refractivity contribution is 5.80. The summed E-state index contributed by atoms with van der Waals surface area (Å²) in [6.45, 7) is 2.05. The molecule has 0 aliphatic carbocycles. The van der Waals surface area contributed by atoms with Crippen LogP contribution in [0.2, 0.25) is 0 Å². The molecule has 1 saturated heterocycles. The smallest absolute Gasteiger partial charge is 0.260 e. The lowest BCUT2D eigenvalue weighted by atomic mass is 10.3. The highest BCUT2D eigenvalue weighted by Crippen LogP contribution is 2.11. The second-order valence-electron chi connectivity index (χ2n) is 5.97. The molecule has 2 aromatic rings. The van der Waals surface area contributed by atoms with E-state index < -0.39 is 0 Å². The van der Waals surface area contributed by atoms with Gasteiger partial charge in [-0.2, -0.15) is 0 Å². The van der Waals surface area contributed by atoms with Gasteiger partial charge in [0.1, 0.15) is 11.5 Å². The number of rotatable bonds is 6. The molecule has 0 N–H and O–H groups in total. The molecule has 0 radical (unpaired) electrons. The van der Waals surface area contributed by atoms with E-state index in [2.05, 4.69) is 0 Å². The largest absolute Gasteiger partial charge is 0.484 e. The molecule has 1 heterocycles. The van der Waals surface area contributed by atoms with Crippen LogP contribution in [-0.2, 0) is 9.59 Å². The number of hydrogen-bond donors (Lipinski definition) is 0. The predicted molar refractivity (Wildman–Crippen MR) is 97.0 cm³/mol. The first kappa shape index (κ1) is 17.8. The van der Waals surface area contributed by atoms with Gasteiger partial charge in [0, 0.05) is 26.2 Å². The number of carbonyl (C=O) groups is 2. The topological polar surface area (TPSA) is 59.1 Å². The summed E-state index contributed by atoms with van der Waals surface area (Å²) < 4.78 is 11.0. The molecule has 1 aliphatic rings. The highest BCUT2D eigenvalue weighted by Gasteiger charge is 2.24. The number of benzene rings is 2. The van der Waals surface area contributed by atoms with Crippen molar-refractivity contribution in [2.75, 3.05) is 39.4 Å². The molecule has 0 unspecified atom stereocenters. The molecular weight excluding hydrogens is 332 g/mol. The average molecular weight is 354 g/mol. The fourth-order valence-electron chi connectivity index (χ4n) is 2.71. The molecule has 26 heavy (non-hydrogen) atoms. The first-order chi connectivity index (χ1) is 12.7. The Morgan fingerprint density at radius 1 is 0.654 bits per heavy atom. The van der Waals surface area contributed by atoms with E-state index in [1.165, 1.54) is 0 Å². The maximum absolute atomic E-state index is 12.2. The van der Waals surface area contributed by atoms with Gasteiger partial charge in [-0.15, -0.1) is 0 Å². The van der Waals surface area contributed by atoms with Crippen molar-refractivity contribution in [3.63, 3.8) is 0 Å². The highest BCUT2D eigenvalue weighted by atomic mass is 16.5. The summed E-state index contributed by atoms with van der Waals surface area (Å²) in [6, 6.07) is 18.5. The summed E-state index contributed by atoms with van der Waals surface area (Å²) >= 11 is 0. The SMILES string of the molecule is O=C(COc1ccccc1)N1CCN(C(=O)COc2ccccc2)CC1. The van der Waals surface area contributed by atoms with E-state index in [0.29, 0.717) is 37.7 Å². The van der Waals surface area contributed by atoms with Gasteiger partial charge in [0.2, 0.25) is 0 Å². The van der Waals surface area contributed by atoms with Gasteiger partial charge in [-0.05, 0) is 24.3 Å². The fourth-order valence-corrected chi connectivity index (χ4v) is 2.71. The zero-order valence-electron chi connectivity index (χ0n) is 14.5. The average Bonchev–Trinajstić information content (AvgIpc) is 2.72. The van der Waals surface area contributed by atoms with Gasteiger partial charge in [-0.1, -0.05) is 36.4 Å². The normalized spacial score (nSPS) is 14.0. The van der Waals surface area contributed by atoms with Gasteiger partial charge < -0.3 is 19.3 Å². The third-order valence-electron chi connectivity index (χ3n) is 4.20. The number of ether oxygens (including phenoxy) is 2. The van der Waals surface area contributed by atoms with E-state index in [1.54, 1.807) is 9.80 Å². The second-order valence-corrected chi connectivity index (χ2v) is 5.97. The number of amides is 2. The van der Waals surface area contributed by atoms with Crippen LogP contribution in [0.3, 0.4) is 0 Å². The van der Waals surface area contributed by atoms with E-state index in [0.717, 1.165) is 0 Å². The van der Waals surface area contributed by atoms with Crippen molar-refractivity contribution < 1.29 is 19.1 Å². The third-order valence-corrected chi connectivity index (χ3v) is 4.20. The van der Waals surface area contributed by atoms with Crippen LogP contribution < -0.4 is 9.47 Å². The van der Waals surface area contributed by atoms with Crippen LogP contribution in [-0.4, -0.2) is 61.0 Å². The summed E-state index contributed by atoms with van der Waals surface area (Å²) in [5.41, 5.74) is 0. The van der Waals surface area contributed by atoms with E-state index in [9.17, 15) is 9.59 Å². The van der Waals surface area contributed by atoms with Crippen LogP contribution >= 0.6 is 0 Å². The Bertz CT molecular complexity index is 650. The molecule has 0 bridgehead atoms. The Kier molecular flexibility index (Phi) is 6.09. The Hall–Kier alpha value is -3.02. The molecule has 136 valence electrons. The van der Waals surface area contributed by atoms with E-state index in [1.807, 2.05) is 60.7 Å². The molecule has 1 aliphatic heterocycles. The Morgan fingerprint density at radius 2 is 1.00 bits per heavy atom. The molecule has 6 nitrogen and oxygen atoms in total. The first-order valence-corrected chi connectivity index (χ1v) is 8.63. The summed E-state index contributed by atoms with van der Waals surface area (Å²) in [4.78, 5) is 27.9. The van der Waals surface area contributed by atoms with Crippen molar-refractivity contribution in [3.8, 4) is 11.5 Å². The van der Waals surface area contributed by atoms with Crippen LogP contribution in [0.15, 0.2) is 60.7 Å². The molecule has 6 heteroatoms. The maximum atomic E-state index is 12.2. The Labute approximate surface area is 152 Å². The lowest BCUT2D eigenvalue weighted by Crippen LogP contribution is -2.52. The van der Waals surface area contributed by atoms with Crippen LogP contribution in [0.1, 0.15) is 0 Å². The van der Waals surface area contributed by atoms with Gasteiger partial charge in [0.25, 0.3) is 11.8 Å². The van der Waals surface area contributed by atoms with Gasteiger partial charge in [-0.3, -0.25) is 9.59 Å². The molecule has 2 amide bonds. The Balaban J connectivity index is 1.39. The van der Waals surface area contributed by atoms with Gasteiger partial charge >= 0.3 is 0 Å². The Morgan fingerprint density at radius 3 is 1.35 bits per heavy atom. The monoisotopic (exact) mass is 354 g/mol. The number of nitrogens with zero attached hydrogens (tertiary/aromatic N) is 2. The second kappa shape index (κ2) is 8.89. The minimum Gasteiger partial charge on any atom is -0.484 e. The standard InChI is InChI=1S/C20H22N2O4/c23-19(15-25-17-7-3-1-4-8-17)21-11-13-22(14-12-21)20(24)16-26-18-9-5-2-6-10-18/h1-10H,11-16H2. The molecule has 0 saturated carbocycles. The molecule has 1 fully saturated rings. The molecule has 0 spiro atoms. The summed E-state index contributed by atoms with van der Waals surface area (Å²) in [6.07, 6.45) is 0. The van der Waals surface area contributed by atoms with E-state index in [-0.39, 0.29) is 25.0 Å². The van der Waals surface area contributed by atoms with Crippen molar-refractivity contribution in [1.29, 1.82) is 0 Å². The van der Waals surface area contributed by atoms with Crippen LogP contribution in [0.4, 0.5) is 0 Å². The molecular formula is C20H22N2O4. The van der Waals surface area contributed by atoms with Crippen LogP contribution in [0.25, 0.3) is 0 Å². The van der Waals surface area contributed by atoms with Crippen molar-refractivity contribution >= 4 is 11.8 Å². The maximum Gasteiger partial charge on any atom is 0.260 e. The van der Waals surface area contributed by atoms with E-state index in [4.69, 9.17) is 9.47 Å². The number of hydrogen-bond acceptors (Lipinski definition) is 4. The zero-order valence-corrected chi connectivity index (χ0v) is 14.5. The van der Waals surface area contributed by atoms with Gasteiger partial charge in [-0.25, -0.2) is 0 Å². The van der Waals surface area contributed by atoms with Gasteiger partial charge in [0.15, 0.2) is 13.2 Å². The lowest BCUT2D eigenvalue weighted by Gasteiger charge is -2.34. The van der Waals surface area contributed by atoms with Crippen molar-refractivity contribution in [1.82, 2.24) is 9.80 Å². The summed E-state index contributed by atoms with van der Waals surface area (Å²) in [7, 11) is 0. The van der Waals surface area contributed by atoms with Crippen LogP contribution in [0, 0.1) is 0 Å². The predicted octanol–water partition coefficient (Wildman–Crippen LogP) is 1.82. The minimum absolute atomic E-state index is 0.00901. The molecule has 3 rings (SSSR count). The van der Waals surface area contributed by atoms with Crippen LogP contribution in [0.5, 0.6) is 11.5 Å². The van der Waals surface area contributed by atoms with Crippen molar-refractivity contribution in [3.05, 3.63) is 60.7 Å². The zero-order chi connectivity index (χ0) is 18.2. The van der Waals surface area contributed by atoms with Gasteiger partial charge in [0.05, 0.1) is 0 Å². The number of carbonyl (C=O) groups excluding carboxylic acids is 2. The van der Waals surface area contributed by atoms with Crippen molar-refractivity contribution in [2.45, 2.75) is 0 Å². The number of piperazine rings is 1. The molecule has 0 aromatic heterocycles. The third kappa shape index (κ3) is 4.99. The minimum atomic E-state index is -0.0681. The summed E-state index contributed by atoms with van der Waals surface area (Å²) in [5.74, 6) is 1.21. The quantitative estimate of drug-likeness (QED) is 0.794. The van der Waals surface area contributed by atoms with Crippen molar-refractivity contribution in [2.24, 2.45) is 0 Å². The van der Waals surface area contributed by atoms with E-state index >= 15 is 0 Å².